The Kier molecular flexibility index (Phi) is 4.12. The molecule has 0 radical (unpaired) electrons. The predicted molar refractivity (Wildman–Crippen MR) is 88.3 cm³/mol. The van der Waals surface area contributed by atoms with E-state index in [4.69, 9.17) is 5.73 Å². The fourth-order valence-electron chi connectivity index (χ4n) is 1.63. The van der Waals surface area contributed by atoms with Gasteiger partial charge in [-0.2, -0.15) is 0 Å². The van der Waals surface area contributed by atoms with Crippen LogP contribution in [0.15, 0.2) is 36.5 Å². The molecule has 1 aromatic carbocycles. The van der Waals surface area contributed by atoms with Crippen LogP contribution in [0.25, 0.3) is 5.82 Å². The summed E-state index contributed by atoms with van der Waals surface area (Å²) in [6.45, 7) is 0. The van der Waals surface area contributed by atoms with Crippen molar-refractivity contribution >= 4 is 48.7 Å². The molecule has 1 aromatic heterocycles. The molecule has 2 heterocycles. The Morgan fingerprint density at radius 3 is 2.95 bits per heavy atom. The first-order chi connectivity index (χ1) is 9.16. The number of para-hydroxylation sites is 1. The fourth-order valence-corrected chi connectivity index (χ4v) is 15.4. The van der Waals surface area contributed by atoms with E-state index in [1.54, 1.807) is 6.07 Å². The molecule has 19 heavy (non-hydrogen) atoms. The van der Waals surface area contributed by atoms with E-state index in [2.05, 4.69) is 27.7 Å². The van der Waals surface area contributed by atoms with Gasteiger partial charge in [-0.25, -0.2) is 0 Å². The number of hydrogen-bond acceptors (Lipinski definition) is 3. The Bertz CT molecular complexity index is 706. The first-order valence-corrected chi connectivity index (χ1v) is 14.8. The molecule has 0 bridgehead atoms. The summed E-state index contributed by atoms with van der Waals surface area (Å²) in [5, 5.41) is 14.3. The number of benzene rings is 1. The van der Waals surface area contributed by atoms with Gasteiger partial charge in [0, 0.05) is 0 Å². The maximum atomic E-state index is 9.98. The standard InChI is InChI=1S/C12H9I3N3O/c13-8-6-17-18-11(16)5-9(14-15-12(8)18)7-3-1-2-4-10(7)19/h1-6,19H,16H2/q-1. The summed E-state index contributed by atoms with van der Waals surface area (Å²) >= 11 is 2.08. The van der Waals surface area contributed by atoms with Gasteiger partial charge in [-0.1, -0.05) is 0 Å². The molecule has 1 aliphatic rings. The van der Waals surface area contributed by atoms with E-state index >= 15 is 0 Å². The summed E-state index contributed by atoms with van der Waals surface area (Å²) in [6.07, 6.45) is 3.84. The summed E-state index contributed by atoms with van der Waals surface area (Å²) in [4.78, 5) is 0. The molecule has 0 fully saturated rings. The normalized spacial score (nSPS) is 15.2. The molecule has 0 saturated heterocycles. The zero-order chi connectivity index (χ0) is 13.4. The molecule has 1 aliphatic heterocycles. The van der Waals surface area contributed by atoms with E-state index in [0.29, 0.717) is 11.6 Å². The van der Waals surface area contributed by atoms with Crippen molar-refractivity contribution in [2.75, 3.05) is 0 Å². The molecule has 2 aromatic rings. The van der Waals surface area contributed by atoms with Gasteiger partial charge in [0.2, 0.25) is 0 Å². The Morgan fingerprint density at radius 2 is 2.16 bits per heavy atom. The molecule has 0 saturated carbocycles. The van der Waals surface area contributed by atoms with Gasteiger partial charge in [0.1, 0.15) is 0 Å². The number of nitrogens with two attached hydrogens (primary N) is 1. The van der Waals surface area contributed by atoms with E-state index in [1.165, 1.54) is 10.8 Å². The number of phenols is 1. The van der Waals surface area contributed by atoms with Gasteiger partial charge in [0.05, 0.1) is 0 Å². The van der Waals surface area contributed by atoms with Crippen LogP contribution in [0.3, 0.4) is 0 Å². The van der Waals surface area contributed by atoms with Gasteiger partial charge in [-0.05, 0) is 0 Å². The van der Waals surface area contributed by atoms with Crippen LogP contribution in [0, 0.1) is 7.27 Å². The number of rotatable bonds is 1. The fraction of sp³-hybridized carbons (Fsp3) is 0. The number of halogens is 3. The molecular formula is C12H9I3N3O-. The van der Waals surface area contributed by atoms with E-state index in [1.807, 2.05) is 35.2 Å². The van der Waals surface area contributed by atoms with Crippen molar-refractivity contribution in [3.63, 3.8) is 0 Å². The van der Waals surface area contributed by atoms with Crippen LogP contribution in [0.1, 0.15) is 5.56 Å². The van der Waals surface area contributed by atoms with Crippen molar-refractivity contribution in [3.05, 3.63) is 49.4 Å². The predicted octanol–water partition coefficient (Wildman–Crippen LogP) is -0.671. The molecule has 0 atom stereocenters. The number of nitrogens with zero attached hydrogens (tertiary/aromatic N) is 2. The van der Waals surface area contributed by atoms with Crippen molar-refractivity contribution in [2.45, 2.75) is 0 Å². The number of phenolic OH excluding ortho intramolecular Hbond substituents is 1. The SMILES string of the molecule is NC1=CC(c2ccccc2O)=I[I-]c2c(I)cnn21. The summed E-state index contributed by atoms with van der Waals surface area (Å²) in [6, 6.07) is 7.46. The number of aromatic hydroxyl groups is 1. The first-order valence-electron chi connectivity index (χ1n) is 5.32. The third-order valence-electron chi connectivity index (χ3n) is 2.53. The van der Waals surface area contributed by atoms with Crippen LogP contribution in [0.2, 0.25) is 0 Å². The average molecular weight is 592 g/mol. The second kappa shape index (κ2) is 5.68. The second-order valence-electron chi connectivity index (χ2n) is 3.77. The third kappa shape index (κ3) is 2.68. The van der Waals surface area contributed by atoms with Crippen molar-refractivity contribution < 1.29 is 22.3 Å². The summed E-state index contributed by atoms with van der Waals surface area (Å²) in [5.41, 5.74) is 7.04. The third-order valence-corrected chi connectivity index (χ3v) is 14.2. The van der Waals surface area contributed by atoms with Crippen LogP contribution in [-0.2, 0) is 0 Å². The van der Waals surface area contributed by atoms with Crippen molar-refractivity contribution in [2.24, 2.45) is 5.73 Å². The van der Waals surface area contributed by atoms with Crippen molar-refractivity contribution in [1.29, 1.82) is 0 Å². The van der Waals surface area contributed by atoms with Crippen LogP contribution >= 0.6 is 39.3 Å². The van der Waals surface area contributed by atoms with E-state index in [9.17, 15) is 5.11 Å². The Morgan fingerprint density at radius 1 is 1.37 bits per heavy atom. The van der Waals surface area contributed by atoms with Gasteiger partial charge in [-0.15, -0.1) is 0 Å². The molecule has 0 amide bonds. The molecule has 100 valence electrons. The Labute approximate surface area is 140 Å². The summed E-state index contributed by atoms with van der Waals surface area (Å²) < 4.78 is 5.52. The number of fused-ring (bicyclic) bond motifs is 1. The Hall–Kier alpha value is -0.170. The number of allylic oxidation sites excluding steroid dienone is 1. The molecule has 4 nitrogen and oxygen atoms in total. The van der Waals surface area contributed by atoms with Gasteiger partial charge < -0.3 is 0 Å². The zero-order valence-electron chi connectivity index (χ0n) is 9.52. The molecule has 0 spiro atoms. The van der Waals surface area contributed by atoms with E-state index in [-0.39, 0.29) is 34.0 Å². The second-order valence-corrected chi connectivity index (χ2v) is 13.4. The van der Waals surface area contributed by atoms with Crippen LogP contribution in [0.4, 0.5) is 0 Å². The van der Waals surface area contributed by atoms with Gasteiger partial charge in [-0.3, -0.25) is 0 Å². The summed E-state index contributed by atoms with van der Waals surface area (Å²) in [5.74, 6) is 0.979. The van der Waals surface area contributed by atoms with Crippen molar-refractivity contribution in [3.8, 4) is 5.75 Å². The topological polar surface area (TPSA) is 64.1 Å². The van der Waals surface area contributed by atoms with E-state index < -0.39 is 0 Å². The van der Waals surface area contributed by atoms with Crippen molar-refractivity contribution in [1.82, 2.24) is 9.78 Å². The minimum absolute atomic E-state index is 0.0999. The molecule has 0 unspecified atom stereocenters. The van der Waals surface area contributed by atoms with Crippen LogP contribution in [0.5, 0.6) is 5.75 Å². The zero-order valence-corrected chi connectivity index (χ0v) is 16.0. The molecule has 0 aliphatic carbocycles. The molecule has 3 N–H and O–H groups in total. The monoisotopic (exact) mass is 592 g/mol. The summed E-state index contributed by atoms with van der Waals surface area (Å²) in [7, 11) is 0. The number of hydrogen-bond donors (Lipinski definition) is 2. The van der Waals surface area contributed by atoms with Crippen LogP contribution in [-0.4, -0.2) is 18.4 Å². The van der Waals surface area contributed by atoms with E-state index in [0.717, 1.165) is 5.56 Å². The molecule has 3 rings (SSSR count). The maximum absolute atomic E-state index is 9.98. The first kappa shape index (κ1) is 13.8. The van der Waals surface area contributed by atoms with Gasteiger partial charge >= 0.3 is 142 Å². The minimum atomic E-state index is -0.136. The number of aromatic nitrogens is 2. The van der Waals surface area contributed by atoms with Gasteiger partial charge in [0.15, 0.2) is 0 Å². The average Bonchev–Trinajstić information content (AvgIpc) is 2.67. The quantitative estimate of drug-likeness (QED) is 0.433. The van der Waals surface area contributed by atoms with Gasteiger partial charge in [0.25, 0.3) is 0 Å². The molecule has 7 heteroatoms. The Balaban J connectivity index is 2.10. The molecular weight excluding hydrogens is 583 g/mol. The van der Waals surface area contributed by atoms with Crippen LogP contribution < -0.4 is 23.0 Å².